The minimum Gasteiger partial charge on any atom is -0.436 e. The molecule has 0 heterocycles. The molecule has 1 rings (SSSR count). The van der Waals surface area contributed by atoms with Crippen molar-refractivity contribution in [1.29, 1.82) is 0 Å². The maximum Gasteiger partial charge on any atom is 0.291 e. The maximum atomic E-state index is 9.56. The largest absolute Gasteiger partial charge is 0.436 e. The van der Waals surface area contributed by atoms with Crippen molar-refractivity contribution in [2.45, 2.75) is 58.3 Å². The molecular formula is C15H27O3PS2. The normalized spacial score (nSPS) is 13.3. The number of aryl methyl sites for hydroxylation is 1. The second-order valence-electron chi connectivity index (χ2n) is 5.06. The minimum atomic E-state index is -2.94. The molecule has 3 nitrogen and oxygen atoms in total. The number of rotatable bonds is 10. The van der Waals surface area contributed by atoms with E-state index in [1.54, 1.807) is 0 Å². The van der Waals surface area contributed by atoms with Crippen molar-refractivity contribution in [3.8, 4) is 5.75 Å². The highest BCUT2D eigenvalue weighted by Gasteiger charge is 2.11. The van der Waals surface area contributed by atoms with Crippen molar-refractivity contribution in [2.75, 3.05) is 0 Å². The monoisotopic (exact) mass is 350 g/mol. The molecule has 3 N–H and O–H groups in total. The highest BCUT2D eigenvalue weighted by molar-refractivity contribution is 8.59. The van der Waals surface area contributed by atoms with Gasteiger partial charge in [-0.05, 0) is 36.3 Å². The highest BCUT2D eigenvalue weighted by atomic mass is 32.9. The van der Waals surface area contributed by atoms with Gasteiger partial charge in [-0.25, -0.2) is 0 Å². The SMILES string of the molecule is CCCCCCCCCc1ccccc1OP(O)(=S)S.O. The Kier molecular flexibility index (Phi) is 11.5. The quantitative estimate of drug-likeness (QED) is 0.366. The summed E-state index contributed by atoms with van der Waals surface area (Å²) in [6.45, 7) is 2.24. The second kappa shape index (κ2) is 11.5. The fourth-order valence-electron chi connectivity index (χ4n) is 2.20. The molecule has 0 aliphatic rings. The van der Waals surface area contributed by atoms with E-state index >= 15 is 0 Å². The number of hydrogen-bond acceptors (Lipinski definition) is 2. The van der Waals surface area contributed by atoms with E-state index in [1.165, 1.54) is 38.5 Å². The lowest BCUT2D eigenvalue weighted by molar-refractivity contribution is 0.499. The molecule has 1 aromatic rings. The van der Waals surface area contributed by atoms with Crippen LogP contribution in [0.2, 0.25) is 0 Å². The van der Waals surface area contributed by atoms with Crippen molar-refractivity contribution in [3.63, 3.8) is 0 Å². The number of hydrogen-bond donors (Lipinski definition) is 2. The van der Waals surface area contributed by atoms with E-state index in [-0.39, 0.29) is 5.48 Å². The molecule has 0 aliphatic heterocycles. The first kappa shape index (κ1) is 20.9. The predicted octanol–water partition coefficient (Wildman–Crippen LogP) is 4.68. The molecule has 0 amide bonds. The van der Waals surface area contributed by atoms with Gasteiger partial charge in [0.2, 0.25) is 0 Å². The maximum absolute atomic E-state index is 9.56. The zero-order chi connectivity index (χ0) is 14.8. The molecule has 0 bridgehead atoms. The Morgan fingerprint density at radius 3 is 2.29 bits per heavy atom. The van der Waals surface area contributed by atoms with Crippen molar-refractivity contribution >= 4 is 29.7 Å². The van der Waals surface area contributed by atoms with Gasteiger partial charge in [0, 0.05) is 0 Å². The van der Waals surface area contributed by atoms with E-state index in [0.29, 0.717) is 5.75 Å². The Hall–Kier alpha value is -0.0600. The summed E-state index contributed by atoms with van der Waals surface area (Å²) < 4.78 is 5.39. The molecule has 1 unspecified atom stereocenters. The molecule has 6 heteroatoms. The Morgan fingerprint density at radius 1 is 1.10 bits per heavy atom. The Balaban J connectivity index is 0.00000400. The summed E-state index contributed by atoms with van der Waals surface area (Å²) in [4.78, 5) is 9.56. The van der Waals surface area contributed by atoms with Crippen LogP contribution >= 0.6 is 17.9 Å². The molecule has 122 valence electrons. The van der Waals surface area contributed by atoms with Crippen LogP contribution in [-0.2, 0) is 18.2 Å². The van der Waals surface area contributed by atoms with Crippen LogP contribution in [0.25, 0.3) is 0 Å². The Labute approximate surface area is 138 Å². The van der Waals surface area contributed by atoms with Crippen LogP contribution in [0.1, 0.15) is 57.4 Å². The molecule has 0 aromatic heterocycles. The van der Waals surface area contributed by atoms with Gasteiger partial charge in [-0.15, -0.1) is 0 Å². The van der Waals surface area contributed by atoms with Gasteiger partial charge in [0.25, 0.3) is 5.69 Å². The summed E-state index contributed by atoms with van der Waals surface area (Å²) in [7, 11) is 0. The van der Waals surface area contributed by atoms with Crippen LogP contribution in [0, 0.1) is 0 Å². The van der Waals surface area contributed by atoms with Gasteiger partial charge < -0.3 is 14.9 Å². The average Bonchev–Trinajstić information content (AvgIpc) is 2.38. The van der Waals surface area contributed by atoms with Crippen LogP contribution in [0.4, 0.5) is 0 Å². The zero-order valence-electron chi connectivity index (χ0n) is 12.6. The molecule has 1 atom stereocenters. The first-order valence-corrected chi connectivity index (χ1v) is 11.2. The molecule has 1 aromatic carbocycles. The summed E-state index contributed by atoms with van der Waals surface area (Å²) >= 11 is 8.76. The van der Waals surface area contributed by atoms with E-state index in [9.17, 15) is 4.89 Å². The fraction of sp³-hybridized carbons (Fsp3) is 0.600. The highest BCUT2D eigenvalue weighted by Crippen LogP contribution is 2.48. The standard InChI is InChI=1S/C15H25O2PS2.H2O/c1-2-3-4-5-6-7-8-11-14-12-9-10-13-15(14)17-18(16,19)20;/h9-10,12-13H,2-8,11H2,1H3,(H2,16,19,20);1H2. The van der Waals surface area contributed by atoms with Gasteiger partial charge in [0.05, 0.1) is 0 Å². The lowest BCUT2D eigenvalue weighted by atomic mass is 10.0. The van der Waals surface area contributed by atoms with Gasteiger partial charge in [-0.1, -0.05) is 75.9 Å². The van der Waals surface area contributed by atoms with Crippen molar-refractivity contribution in [3.05, 3.63) is 29.8 Å². The Morgan fingerprint density at radius 2 is 1.67 bits per heavy atom. The van der Waals surface area contributed by atoms with E-state index in [4.69, 9.17) is 16.3 Å². The fourth-order valence-corrected chi connectivity index (χ4v) is 3.14. The molecule has 0 saturated carbocycles. The van der Waals surface area contributed by atoms with E-state index in [2.05, 4.69) is 19.2 Å². The third kappa shape index (κ3) is 10.3. The summed E-state index contributed by atoms with van der Waals surface area (Å²) in [5.74, 6) is 0.680. The van der Waals surface area contributed by atoms with Crippen molar-refractivity contribution in [1.82, 2.24) is 0 Å². The van der Waals surface area contributed by atoms with Gasteiger partial charge in [0.1, 0.15) is 5.75 Å². The van der Waals surface area contributed by atoms with Gasteiger partial charge in [-0.3, -0.25) is 0 Å². The number of thiol groups is 1. The molecule has 0 spiro atoms. The smallest absolute Gasteiger partial charge is 0.291 e. The Bertz CT molecular complexity index is 435. The third-order valence-electron chi connectivity index (χ3n) is 3.24. The van der Waals surface area contributed by atoms with E-state index < -0.39 is 5.69 Å². The van der Waals surface area contributed by atoms with Gasteiger partial charge >= 0.3 is 0 Å². The van der Waals surface area contributed by atoms with Crippen molar-refractivity contribution in [2.24, 2.45) is 0 Å². The molecule has 0 fully saturated rings. The van der Waals surface area contributed by atoms with Crippen LogP contribution in [-0.4, -0.2) is 10.4 Å². The molecule has 0 saturated heterocycles. The summed E-state index contributed by atoms with van der Waals surface area (Å²) in [6.07, 6.45) is 9.98. The van der Waals surface area contributed by atoms with Crippen molar-refractivity contribution < 1.29 is 14.9 Å². The molecule has 0 radical (unpaired) electrons. The van der Waals surface area contributed by atoms with E-state index in [0.717, 1.165) is 18.4 Å². The summed E-state index contributed by atoms with van der Waals surface area (Å²) in [5.41, 5.74) is -1.83. The molecule has 0 aliphatic carbocycles. The summed E-state index contributed by atoms with van der Waals surface area (Å²) in [6, 6.07) is 7.76. The lowest BCUT2D eigenvalue weighted by Gasteiger charge is -2.14. The van der Waals surface area contributed by atoms with Crippen LogP contribution in [0.5, 0.6) is 5.75 Å². The number of unbranched alkanes of at least 4 members (excludes halogenated alkanes) is 6. The predicted molar refractivity (Wildman–Crippen MR) is 97.9 cm³/mol. The topological polar surface area (TPSA) is 61.0 Å². The van der Waals surface area contributed by atoms with E-state index in [1.807, 2.05) is 24.3 Å². The average molecular weight is 350 g/mol. The van der Waals surface area contributed by atoms with Crippen LogP contribution in [0.3, 0.4) is 0 Å². The molecule has 21 heavy (non-hydrogen) atoms. The third-order valence-corrected chi connectivity index (χ3v) is 4.14. The molecular weight excluding hydrogens is 323 g/mol. The first-order chi connectivity index (χ1) is 9.53. The van der Waals surface area contributed by atoms with Gasteiger partial charge in [0.15, 0.2) is 0 Å². The van der Waals surface area contributed by atoms with Crippen LogP contribution in [0.15, 0.2) is 24.3 Å². The lowest BCUT2D eigenvalue weighted by Crippen LogP contribution is -1.93. The number of benzene rings is 1. The van der Waals surface area contributed by atoms with Crippen LogP contribution < -0.4 is 4.52 Å². The summed E-state index contributed by atoms with van der Waals surface area (Å²) in [5, 5.41) is 0. The zero-order valence-corrected chi connectivity index (χ0v) is 15.2. The van der Waals surface area contributed by atoms with Gasteiger partial charge in [-0.2, -0.15) is 0 Å². The minimum absolute atomic E-state index is 0. The second-order valence-corrected chi connectivity index (χ2v) is 10.1. The number of para-hydroxylation sites is 1. The first-order valence-electron chi connectivity index (χ1n) is 7.36.